The van der Waals surface area contributed by atoms with Gasteiger partial charge in [0.1, 0.15) is 5.82 Å². The molecule has 2 nitrogen and oxygen atoms in total. The van der Waals surface area contributed by atoms with Crippen LogP contribution in [0.2, 0.25) is 0 Å². The van der Waals surface area contributed by atoms with Crippen molar-refractivity contribution in [3.8, 4) is 0 Å². The Morgan fingerprint density at radius 2 is 1.67 bits per heavy atom. The van der Waals surface area contributed by atoms with Gasteiger partial charge in [0.15, 0.2) is 0 Å². The van der Waals surface area contributed by atoms with E-state index in [1.807, 2.05) is 0 Å². The summed E-state index contributed by atoms with van der Waals surface area (Å²) in [6.45, 7) is 18.3. The zero-order valence-corrected chi connectivity index (χ0v) is 15.6. The van der Waals surface area contributed by atoms with Crippen LogP contribution < -0.4 is 0 Å². The Kier molecular flexibility index (Phi) is 6.07. The van der Waals surface area contributed by atoms with E-state index < -0.39 is 0 Å². The third-order valence-corrected chi connectivity index (χ3v) is 4.59. The third-order valence-electron chi connectivity index (χ3n) is 4.59. The van der Waals surface area contributed by atoms with Crippen molar-refractivity contribution in [1.82, 2.24) is 9.97 Å². The molecule has 21 heavy (non-hydrogen) atoms. The van der Waals surface area contributed by atoms with Gasteiger partial charge in [0.2, 0.25) is 0 Å². The zero-order chi connectivity index (χ0) is 16.3. The third kappa shape index (κ3) is 4.59. The molecule has 0 saturated heterocycles. The van der Waals surface area contributed by atoms with Crippen LogP contribution in [0.3, 0.4) is 0 Å². The van der Waals surface area contributed by atoms with Crippen molar-refractivity contribution in [1.29, 1.82) is 0 Å². The highest BCUT2D eigenvalue weighted by atomic mass is 15.0. The van der Waals surface area contributed by atoms with E-state index in [4.69, 9.17) is 4.98 Å². The van der Waals surface area contributed by atoms with Crippen LogP contribution >= 0.6 is 0 Å². The summed E-state index contributed by atoms with van der Waals surface area (Å²) in [5, 5.41) is 0. The number of rotatable bonds is 7. The van der Waals surface area contributed by atoms with E-state index in [2.05, 4.69) is 60.4 Å². The average molecular weight is 293 g/mol. The molecule has 0 bridgehead atoms. The van der Waals surface area contributed by atoms with Gasteiger partial charge in [-0.15, -0.1) is 0 Å². The van der Waals surface area contributed by atoms with E-state index >= 15 is 0 Å². The van der Waals surface area contributed by atoms with Crippen LogP contribution in [-0.4, -0.2) is 9.97 Å². The molecule has 1 atom stereocenters. The summed E-state index contributed by atoms with van der Waals surface area (Å²) in [7, 11) is 0. The van der Waals surface area contributed by atoms with Gasteiger partial charge in [-0.25, -0.2) is 4.98 Å². The van der Waals surface area contributed by atoms with E-state index in [-0.39, 0.29) is 10.8 Å². The molecule has 2 heteroatoms. The quantitative estimate of drug-likeness (QED) is 0.606. The zero-order valence-electron chi connectivity index (χ0n) is 15.6. The Morgan fingerprint density at radius 3 is 2.14 bits per heavy atom. The maximum Gasteiger partial charge on any atom is 0.112 e. The van der Waals surface area contributed by atoms with Crippen LogP contribution in [0.1, 0.15) is 111 Å². The minimum absolute atomic E-state index is 0.104. The lowest BCUT2D eigenvalue weighted by Crippen LogP contribution is -2.20. The van der Waals surface area contributed by atoms with Crippen LogP contribution in [0.4, 0.5) is 0 Å². The minimum Gasteiger partial charge on any atom is -0.345 e. The van der Waals surface area contributed by atoms with Crippen molar-refractivity contribution in [3.05, 3.63) is 17.2 Å². The van der Waals surface area contributed by atoms with Crippen LogP contribution in [0, 0.1) is 0 Å². The molecule has 0 saturated carbocycles. The number of unbranched alkanes of at least 4 members (excludes halogenated alkanes) is 2. The fourth-order valence-corrected chi connectivity index (χ4v) is 2.78. The first kappa shape index (κ1) is 18.3. The lowest BCUT2D eigenvalue weighted by Gasteiger charge is -2.22. The molecule has 1 rings (SSSR count). The lowest BCUT2D eigenvalue weighted by molar-refractivity contribution is 0.426. The highest BCUT2D eigenvalue weighted by Crippen LogP contribution is 2.35. The van der Waals surface area contributed by atoms with Crippen LogP contribution in [0.15, 0.2) is 0 Å². The SMILES string of the molecule is CCCCCC(C)(C)c1nc(C(C)(C)C)c(C(C)CC)[nH]1. The maximum absolute atomic E-state index is 5.05. The van der Waals surface area contributed by atoms with Crippen LogP contribution in [0.5, 0.6) is 0 Å². The molecule has 1 N–H and O–H groups in total. The molecule has 0 fully saturated rings. The van der Waals surface area contributed by atoms with Gasteiger partial charge >= 0.3 is 0 Å². The summed E-state index contributed by atoms with van der Waals surface area (Å²) >= 11 is 0. The molecule has 0 aromatic carbocycles. The molecular formula is C19H36N2. The van der Waals surface area contributed by atoms with Gasteiger partial charge in [0, 0.05) is 16.5 Å². The topological polar surface area (TPSA) is 28.7 Å². The van der Waals surface area contributed by atoms with Crippen LogP contribution in [-0.2, 0) is 10.8 Å². The summed E-state index contributed by atoms with van der Waals surface area (Å²) in [5.41, 5.74) is 2.85. The monoisotopic (exact) mass is 292 g/mol. The van der Waals surface area contributed by atoms with Crippen molar-refractivity contribution < 1.29 is 0 Å². The van der Waals surface area contributed by atoms with Crippen molar-refractivity contribution in [2.24, 2.45) is 0 Å². The molecule has 0 aliphatic carbocycles. The average Bonchev–Trinajstić information content (AvgIpc) is 2.83. The summed E-state index contributed by atoms with van der Waals surface area (Å²) in [6, 6.07) is 0. The number of imidazole rings is 1. The van der Waals surface area contributed by atoms with Gasteiger partial charge in [-0.3, -0.25) is 0 Å². The second-order valence-corrected chi connectivity index (χ2v) is 8.25. The summed E-state index contributed by atoms with van der Waals surface area (Å²) in [5.74, 6) is 1.73. The number of hydrogen-bond acceptors (Lipinski definition) is 1. The lowest BCUT2D eigenvalue weighted by atomic mass is 9.86. The first-order valence-corrected chi connectivity index (χ1v) is 8.74. The van der Waals surface area contributed by atoms with E-state index in [1.165, 1.54) is 42.9 Å². The molecular weight excluding hydrogens is 256 g/mol. The molecule has 0 amide bonds. The van der Waals surface area contributed by atoms with Crippen molar-refractivity contribution in [3.63, 3.8) is 0 Å². The fraction of sp³-hybridized carbons (Fsp3) is 0.842. The standard InChI is InChI=1S/C19H36N2/c1-9-11-12-13-19(7,8)17-20-15(14(3)10-2)16(21-17)18(4,5)6/h14H,9-13H2,1-8H3,(H,20,21). The number of aromatic amines is 1. The molecule has 0 aliphatic rings. The van der Waals surface area contributed by atoms with Gasteiger partial charge in [-0.2, -0.15) is 0 Å². The number of nitrogens with one attached hydrogen (secondary N) is 1. The van der Waals surface area contributed by atoms with Gasteiger partial charge in [0.05, 0.1) is 5.69 Å². The molecule has 1 aromatic heterocycles. The largest absolute Gasteiger partial charge is 0.345 e. The normalized spacial score (nSPS) is 14.5. The fourth-order valence-electron chi connectivity index (χ4n) is 2.78. The second-order valence-electron chi connectivity index (χ2n) is 8.25. The Labute approximate surface area is 132 Å². The number of aromatic nitrogens is 2. The first-order chi connectivity index (χ1) is 9.63. The van der Waals surface area contributed by atoms with Crippen LogP contribution in [0.25, 0.3) is 0 Å². The molecule has 1 aromatic rings. The van der Waals surface area contributed by atoms with E-state index in [0.717, 1.165) is 6.42 Å². The van der Waals surface area contributed by atoms with Gasteiger partial charge in [0.25, 0.3) is 0 Å². The first-order valence-electron chi connectivity index (χ1n) is 8.74. The molecule has 0 radical (unpaired) electrons. The molecule has 122 valence electrons. The minimum atomic E-state index is 0.104. The summed E-state index contributed by atoms with van der Waals surface area (Å²) < 4.78 is 0. The molecule has 0 aliphatic heterocycles. The molecule has 0 spiro atoms. The number of H-pyrrole nitrogens is 1. The predicted molar refractivity (Wildman–Crippen MR) is 93.2 cm³/mol. The van der Waals surface area contributed by atoms with Crippen molar-refractivity contribution in [2.75, 3.05) is 0 Å². The Bertz CT molecular complexity index is 435. The summed E-state index contributed by atoms with van der Waals surface area (Å²) in [4.78, 5) is 8.74. The van der Waals surface area contributed by atoms with Crippen molar-refractivity contribution >= 4 is 0 Å². The van der Waals surface area contributed by atoms with Gasteiger partial charge in [-0.05, 0) is 18.8 Å². The summed E-state index contributed by atoms with van der Waals surface area (Å²) in [6.07, 6.45) is 6.24. The maximum atomic E-state index is 5.05. The van der Waals surface area contributed by atoms with E-state index in [9.17, 15) is 0 Å². The second kappa shape index (κ2) is 6.98. The molecule has 1 heterocycles. The highest BCUT2D eigenvalue weighted by Gasteiger charge is 2.30. The Morgan fingerprint density at radius 1 is 1.05 bits per heavy atom. The highest BCUT2D eigenvalue weighted by molar-refractivity contribution is 5.27. The Hall–Kier alpha value is -0.790. The van der Waals surface area contributed by atoms with Crippen molar-refractivity contribution in [2.45, 2.75) is 104 Å². The smallest absolute Gasteiger partial charge is 0.112 e. The number of nitrogens with zero attached hydrogens (tertiary/aromatic N) is 1. The Balaban J connectivity index is 3.11. The molecule has 1 unspecified atom stereocenters. The van der Waals surface area contributed by atoms with E-state index in [1.54, 1.807) is 0 Å². The predicted octanol–water partition coefficient (Wildman–Crippen LogP) is 6.08. The van der Waals surface area contributed by atoms with Gasteiger partial charge < -0.3 is 4.98 Å². The number of hydrogen-bond donors (Lipinski definition) is 1. The van der Waals surface area contributed by atoms with Gasteiger partial charge in [-0.1, -0.05) is 74.7 Å². The van der Waals surface area contributed by atoms with E-state index in [0.29, 0.717) is 5.92 Å².